The van der Waals surface area contributed by atoms with Crippen molar-refractivity contribution in [2.75, 3.05) is 6.61 Å². The molecule has 0 fully saturated rings. The topological polar surface area (TPSA) is 69.7 Å². The van der Waals surface area contributed by atoms with Crippen LogP contribution in [0.3, 0.4) is 0 Å². The standard InChI is InChI=1S/C18H18F2O5/c1-4-24-17(23)15-14(21)8-11(9-18(15,2)3)25-16(22)10-5-6-12(19)13(20)7-10/h5-8,15H,4,9H2,1-3H3. The predicted molar refractivity (Wildman–Crippen MR) is 83.4 cm³/mol. The van der Waals surface area contributed by atoms with Gasteiger partial charge in [0.15, 0.2) is 17.4 Å². The number of carbonyl (C=O) groups excluding carboxylic acids is 3. The molecule has 0 amide bonds. The second-order valence-electron chi connectivity index (χ2n) is 6.38. The van der Waals surface area contributed by atoms with Gasteiger partial charge in [-0.1, -0.05) is 13.8 Å². The van der Waals surface area contributed by atoms with Gasteiger partial charge in [-0.2, -0.15) is 0 Å². The van der Waals surface area contributed by atoms with Crippen molar-refractivity contribution in [3.8, 4) is 0 Å². The Labute approximate surface area is 143 Å². The number of benzene rings is 1. The molecule has 1 unspecified atom stereocenters. The molecule has 0 heterocycles. The van der Waals surface area contributed by atoms with E-state index in [0.29, 0.717) is 0 Å². The first-order valence-electron chi connectivity index (χ1n) is 7.74. The maximum absolute atomic E-state index is 13.2. The predicted octanol–water partition coefficient (Wildman–Crippen LogP) is 3.18. The van der Waals surface area contributed by atoms with Crippen LogP contribution in [0.15, 0.2) is 30.0 Å². The molecule has 1 atom stereocenters. The lowest BCUT2D eigenvalue weighted by molar-refractivity contribution is -0.156. The lowest BCUT2D eigenvalue weighted by Gasteiger charge is -2.34. The van der Waals surface area contributed by atoms with Gasteiger partial charge in [-0.25, -0.2) is 13.6 Å². The molecule has 1 aromatic rings. The number of rotatable bonds is 4. The van der Waals surface area contributed by atoms with Crippen molar-refractivity contribution in [1.82, 2.24) is 0 Å². The van der Waals surface area contributed by atoms with Crippen LogP contribution in [0.1, 0.15) is 37.6 Å². The third-order valence-electron chi connectivity index (χ3n) is 3.90. The van der Waals surface area contributed by atoms with Crippen molar-refractivity contribution >= 4 is 17.7 Å². The van der Waals surface area contributed by atoms with E-state index in [1.807, 2.05) is 0 Å². The van der Waals surface area contributed by atoms with E-state index >= 15 is 0 Å². The first-order valence-corrected chi connectivity index (χ1v) is 7.74. The molecule has 25 heavy (non-hydrogen) atoms. The Bertz CT molecular complexity index is 752. The first-order chi connectivity index (χ1) is 11.7. The number of ketones is 1. The molecule has 0 bridgehead atoms. The zero-order chi connectivity index (χ0) is 18.8. The molecule has 0 spiro atoms. The van der Waals surface area contributed by atoms with Gasteiger partial charge in [0.25, 0.3) is 0 Å². The van der Waals surface area contributed by atoms with Crippen LogP contribution in [-0.2, 0) is 19.1 Å². The van der Waals surface area contributed by atoms with Crippen LogP contribution in [0.5, 0.6) is 0 Å². The van der Waals surface area contributed by atoms with Crippen molar-refractivity contribution in [3.63, 3.8) is 0 Å². The van der Waals surface area contributed by atoms with Crippen molar-refractivity contribution in [3.05, 3.63) is 47.2 Å². The number of allylic oxidation sites excluding steroid dienone is 2. The molecular weight excluding hydrogens is 334 g/mol. The van der Waals surface area contributed by atoms with Gasteiger partial charge in [0, 0.05) is 12.5 Å². The van der Waals surface area contributed by atoms with E-state index in [9.17, 15) is 23.2 Å². The summed E-state index contributed by atoms with van der Waals surface area (Å²) in [6, 6.07) is 2.61. The molecule has 1 aliphatic carbocycles. The molecule has 0 N–H and O–H groups in total. The molecule has 0 radical (unpaired) electrons. The molecule has 7 heteroatoms. The van der Waals surface area contributed by atoms with Crippen LogP contribution in [0.2, 0.25) is 0 Å². The fourth-order valence-corrected chi connectivity index (χ4v) is 2.76. The van der Waals surface area contributed by atoms with E-state index < -0.39 is 40.7 Å². The van der Waals surface area contributed by atoms with Gasteiger partial charge in [-0.3, -0.25) is 9.59 Å². The minimum Gasteiger partial charge on any atom is -0.465 e. The average Bonchev–Trinajstić information content (AvgIpc) is 2.48. The summed E-state index contributed by atoms with van der Waals surface area (Å²) in [5, 5.41) is 0. The minimum absolute atomic E-state index is 0.0604. The molecule has 1 aliphatic rings. The van der Waals surface area contributed by atoms with Crippen molar-refractivity contribution < 1.29 is 32.6 Å². The second kappa shape index (κ2) is 7.13. The number of ether oxygens (including phenoxy) is 2. The maximum atomic E-state index is 13.2. The number of carbonyl (C=O) groups is 3. The monoisotopic (exact) mass is 352 g/mol. The Kier molecular flexibility index (Phi) is 5.35. The third kappa shape index (κ3) is 4.10. The number of halogens is 2. The van der Waals surface area contributed by atoms with E-state index in [4.69, 9.17) is 9.47 Å². The smallest absolute Gasteiger partial charge is 0.343 e. The van der Waals surface area contributed by atoms with Crippen LogP contribution in [0.25, 0.3) is 0 Å². The van der Waals surface area contributed by atoms with Crippen LogP contribution >= 0.6 is 0 Å². The summed E-state index contributed by atoms with van der Waals surface area (Å²) < 4.78 is 36.2. The van der Waals surface area contributed by atoms with Gasteiger partial charge < -0.3 is 9.47 Å². The Hall–Kier alpha value is -2.57. The van der Waals surface area contributed by atoms with Crippen LogP contribution in [-0.4, -0.2) is 24.3 Å². The molecule has 0 aromatic heterocycles. The molecule has 1 aromatic carbocycles. The Morgan fingerprint density at radius 2 is 1.92 bits per heavy atom. The van der Waals surface area contributed by atoms with Gasteiger partial charge >= 0.3 is 11.9 Å². The summed E-state index contributed by atoms with van der Waals surface area (Å²) in [5.41, 5.74) is -1.00. The number of hydrogen-bond acceptors (Lipinski definition) is 5. The zero-order valence-electron chi connectivity index (χ0n) is 14.1. The highest BCUT2D eigenvalue weighted by Gasteiger charge is 2.45. The minimum atomic E-state index is -1.18. The molecule has 0 saturated carbocycles. The quantitative estimate of drug-likeness (QED) is 0.615. The molecule has 2 rings (SSSR count). The lowest BCUT2D eigenvalue weighted by atomic mass is 9.70. The lowest BCUT2D eigenvalue weighted by Crippen LogP contribution is -2.41. The number of hydrogen-bond donors (Lipinski definition) is 0. The number of esters is 2. The van der Waals surface area contributed by atoms with Gasteiger partial charge in [0.1, 0.15) is 11.7 Å². The van der Waals surface area contributed by atoms with E-state index in [0.717, 1.165) is 24.3 Å². The fraction of sp³-hybridized carbons (Fsp3) is 0.389. The molecule has 5 nitrogen and oxygen atoms in total. The maximum Gasteiger partial charge on any atom is 0.343 e. The summed E-state index contributed by atoms with van der Waals surface area (Å²) in [6.07, 6.45) is 1.21. The Morgan fingerprint density at radius 1 is 1.24 bits per heavy atom. The molecule has 0 aliphatic heterocycles. The molecular formula is C18H18F2O5. The Balaban J connectivity index is 2.19. The van der Waals surface area contributed by atoms with Gasteiger partial charge in [0.05, 0.1) is 12.2 Å². The summed E-state index contributed by atoms with van der Waals surface area (Å²) in [6.45, 7) is 5.17. The summed E-state index contributed by atoms with van der Waals surface area (Å²) in [7, 11) is 0. The highest BCUT2D eigenvalue weighted by Crippen LogP contribution is 2.40. The summed E-state index contributed by atoms with van der Waals surface area (Å²) in [4.78, 5) is 36.3. The van der Waals surface area contributed by atoms with Gasteiger partial charge in [0.2, 0.25) is 0 Å². The van der Waals surface area contributed by atoms with Crippen molar-refractivity contribution in [2.24, 2.45) is 11.3 Å². The molecule has 134 valence electrons. The fourth-order valence-electron chi connectivity index (χ4n) is 2.76. The van der Waals surface area contributed by atoms with E-state index in [2.05, 4.69) is 0 Å². The normalized spacial score (nSPS) is 19.2. The zero-order valence-corrected chi connectivity index (χ0v) is 14.1. The van der Waals surface area contributed by atoms with Crippen molar-refractivity contribution in [1.29, 1.82) is 0 Å². The van der Waals surface area contributed by atoms with Gasteiger partial charge in [-0.15, -0.1) is 0 Å². The average molecular weight is 352 g/mol. The SMILES string of the molecule is CCOC(=O)C1C(=O)C=C(OC(=O)c2ccc(F)c(F)c2)CC1(C)C. The first kappa shape index (κ1) is 18.8. The van der Waals surface area contributed by atoms with Crippen molar-refractivity contribution in [2.45, 2.75) is 27.2 Å². The van der Waals surface area contributed by atoms with Crippen LogP contribution in [0.4, 0.5) is 8.78 Å². The highest BCUT2D eigenvalue weighted by atomic mass is 19.2. The van der Waals surface area contributed by atoms with E-state index in [1.54, 1.807) is 20.8 Å². The second-order valence-corrected chi connectivity index (χ2v) is 6.38. The summed E-state index contributed by atoms with van der Waals surface area (Å²) in [5.74, 6) is -5.25. The molecule has 0 saturated heterocycles. The van der Waals surface area contributed by atoms with Crippen LogP contribution in [0, 0.1) is 23.0 Å². The van der Waals surface area contributed by atoms with Gasteiger partial charge in [-0.05, 0) is 30.5 Å². The third-order valence-corrected chi connectivity index (χ3v) is 3.90. The Morgan fingerprint density at radius 3 is 2.48 bits per heavy atom. The van der Waals surface area contributed by atoms with Crippen LogP contribution < -0.4 is 0 Å². The largest absolute Gasteiger partial charge is 0.465 e. The summed E-state index contributed by atoms with van der Waals surface area (Å²) >= 11 is 0. The van der Waals surface area contributed by atoms with E-state index in [-0.39, 0.29) is 24.4 Å². The van der Waals surface area contributed by atoms with E-state index in [1.165, 1.54) is 0 Å². The highest BCUT2D eigenvalue weighted by molar-refractivity contribution is 6.07.